The van der Waals surface area contributed by atoms with Gasteiger partial charge in [0.25, 0.3) is 0 Å². The van der Waals surface area contributed by atoms with Crippen LogP contribution < -0.4 is 0 Å². The molecule has 0 aromatic carbocycles. The van der Waals surface area contributed by atoms with E-state index in [1.807, 2.05) is 6.92 Å². The van der Waals surface area contributed by atoms with Gasteiger partial charge in [-0.05, 0) is 43.4 Å². The summed E-state index contributed by atoms with van der Waals surface area (Å²) in [7, 11) is 0. The van der Waals surface area contributed by atoms with E-state index in [1.54, 1.807) is 0 Å². The SMILES string of the molecule is C[C@H](O)[C@@H]1CCC2C=CC3C=CC[C@@]321. The molecule has 1 saturated carbocycles. The molecule has 0 saturated heterocycles. The molecule has 0 aromatic rings. The smallest absolute Gasteiger partial charge is 0.0546 e. The van der Waals surface area contributed by atoms with Crippen molar-refractivity contribution in [2.24, 2.45) is 23.2 Å². The predicted octanol–water partition coefficient (Wildman–Crippen LogP) is 2.53. The third kappa shape index (κ3) is 0.844. The third-order valence-corrected chi connectivity index (χ3v) is 4.74. The highest BCUT2D eigenvalue weighted by atomic mass is 16.3. The predicted molar refractivity (Wildman–Crippen MR) is 56.7 cm³/mol. The van der Waals surface area contributed by atoms with E-state index in [0.29, 0.717) is 17.3 Å². The fourth-order valence-corrected chi connectivity index (χ4v) is 4.17. The van der Waals surface area contributed by atoms with E-state index in [0.717, 1.165) is 5.92 Å². The van der Waals surface area contributed by atoms with Crippen LogP contribution in [0, 0.1) is 23.2 Å². The van der Waals surface area contributed by atoms with Gasteiger partial charge >= 0.3 is 0 Å². The average molecular weight is 190 g/mol. The van der Waals surface area contributed by atoms with Crippen molar-refractivity contribution in [2.75, 3.05) is 0 Å². The lowest BCUT2D eigenvalue weighted by molar-refractivity contribution is 0.0319. The van der Waals surface area contributed by atoms with E-state index in [2.05, 4.69) is 24.3 Å². The van der Waals surface area contributed by atoms with Gasteiger partial charge in [0, 0.05) is 5.92 Å². The molecular formula is C13H18O. The van der Waals surface area contributed by atoms with Crippen molar-refractivity contribution in [3.8, 4) is 0 Å². The lowest BCUT2D eigenvalue weighted by Gasteiger charge is -2.38. The first-order valence-corrected chi connectivity index (χ1v) is 5.78. The summed E-state index contributed by atoms with van der Waals surface area (Å²) in [6.07, 6.45) is 13.0. The molecular weight excluding hydrogens is 172 g/mol. The molecule has 0 amide bonds. The molecule has 1 N–H and O–H groups in total. The number of hydrogen-bond acceptors (Lipinski definition) is 1. The van der Waals surface area contributed by atoms with Crippen molar-refractivity contribution in [3.05, 3.63) is 24.3 Å². The van der Waals surface area contributed by atoms with Gasteiger partial charge in [-0.2, -0.15) is 0 Å². The molecule has 0 bridgehead atoms. The van der Waals surface area contributed by atoms with E-state index < -0.39 is 0 Å². The topological polar surface area (TPSA) is 20.2 Å². The molecule has 2 unspecified atom stereocenters. The van der Waals surface area contributed by atoms with Crippen LogP contribution in [0.5, 0.6) is 0 Å². The lowest BCUT2D eigenvalue weighted by atomic mass is 9.67. The Labute approximate surface area is 85.5 Å². The van der Waals surface area contributed by atoms with Gasteiger partial charge in [0.1, 0.15) is 0 Å². The summed E-state index contributed by atoms with van der Waals surface area (Å²) in [6, 6.07) is 0. The highest BCUT2D eigenvalue weighted by Gasteiger charge is 2.56. The van der Waals surface area contributed by atoms with Crippen LogP contribution in [-0.2, 0) is 0 Å². The molecule has 0 aromatic heterocycles. The Balaban J connectivity index is 2.00. The molecule has 0 radical (unpaired) electrons. The molecule has 3 rings (SSSR count). The van der Waals surface area contributed by atoms with Crippen molar-refractivity contribution in [3.63, 3.8) is 0 Å². The largest absolute Gasteiger partial charge is 0.393 e. The normalized spacial score (nSPS) is 50.9. The quantitative estimate of drug-likeness (QED) is 0.630. The Hall–Kier alpha value is -0.560. The number of aliphatic hydroxyl groups is 1. The number of aliphatic hydroxyl groups excluding tert-OH is 1. The summed E-state index contributed by atoms with van der Waals surface area (Å²) in [5.41, 5.74) is 0.383. The number of allylic oxidation sites excluding steroid dienone is 4. The highest BCUT2D eigenvalue weighted by Crippen LogP contribution is 2.62. The van der Waals surface area contributed by atoms with E-state index in [1.165, 1.54) is 19.3 Å². The third-order valence-electron chi connectivity index (χ3n) is 4.74. The van der Waals surface area contributed by atoms with Crippen LogP contribution in [-0.4, -0.2) is 11.2 Å². The molecule has 14 heavy (non-hydrogen) atoms. The molecule has 1 heteroatoms. The lowest BCUT2D eigenvalue weighted by Crippen LogP contribution is -2.37. The maximum Gasteiger partial charge on any atom is 0.0546 e. The first-order valence-electron chi connectivity index (χ1n) is 5.78. The fourth-order valence-electron chi connectivity index (χ4n) is 4.17. The Morgan fingerprint density at radius 1 is 1.29 bits per heavy atom. The standard InChI is InChI=1S/C13H18O/c1-9(14)12-7-6-11-5-4-10-3-2-8-13(10,11)12/h2-5,9-12,14H,6-8H2,1H3/t9-,10?,11?,12-,13+/m0/s1. The van der Waals surface area contributed by atoms with Crippen molar-refractivity contribution in [2.45, 2.75) is 32.3 Å². The van der Waals surface area contributed by atoms with Crippen molar-refractivity contribution in [1.82, 2.24) is 0 Å². The van der Waals surface area contributed by atoms with Crippen LogP contribution in [0.25, 0.3) is 0 Å². The van der Waals surface area contributed by atoms with Crippen molar-refractivity contribution < 1.29 is 5.11 Å². The minimum Gasteiger partial charge on any atom is -0.393 e. The zero-order chi connectivity index (χ0) is 9.76. The minimum absolute atomic E-state index is 0.137. The van der Waals surface area contributed by atoms with E-state index in [9.17, 15) is 5.11 Å². The van der Waals surface area contributed by atoms with Gasteiger partial charge < -0.3 is 5.11 Å². The summed E-state index contributed by atoms with van der Waals surface area (Å²) in [5.74, 6) is 1.87. The molecule has 1 spiro atoms. The van der Waals surface area contributed by atoms with Gasteiger partial charge in [0.2, 0.25) is 0 Å². The Morgan fingerprint density at radius 2 is 2.14 bits per heavy atom. The molecule has 1 fully saturated rings. The van der Waals surface area contributed by atoms with Gasteiger partial charge in [-0.1, -0.05) is 24.3 Å². The van der Waals surface area contributed by atoms with E-state index >= 15 is 0 Å². The summed E-state index contributed by atoms with van der Waals surface area (Å²) in [6.45, 7) is 1.97. The second-order valence-electron chi connectivity index (χ2n) is 5.19. The second-order valence-corrected chi connectivity index (χ2v) is 5.19. The first kappa shape index (κ1) is 8.72. The summed E-state index contributed by atoms with van der Waals surface area (Å²) in [5, 5.41) is 9.89. The molecule has 76 valence electrons. The number of hydrogen-bond donors (Lipinski definition) is 1. The minimum atomic E-state index is -0.137. The second kappa shape index (κ2) is 2.73. The van der Waals surface area contributed by atoms with Gasteiger partial charge in [-0.3, -0.25) is 0 Å². The Kier molecular flexibility index (Phi) is 1.70. The van der Waals surface area contributed by atoms with Gasteiger partial charge in [0.15, 0.2) is 0 Å². The Morgan fingerprint density at radius 3 is 2.93 bits per heavy atom. The summed E-state index contributed by atoms with van der Waals surface area (Å²) < 4.78 is 0. The first-order chi connectivity index (χ1) is 6.75. The molecule has 3 aliphatic rings. The zero-order valence-corrected chi connectivity index (χ0v) is 8.69. The van der Waals surface area contributed by atoms with Gasteiger partial charge in [-0.15, -0.1) is 0 Å². The van der Waals surface area contributed by atoms with Crippen LogP contribution >= 0.6 is 0 Å². The van der Waals surface area contributed by atoms with E-state index in [-0.39, 0.29) is 6.10 Å². The van der Waals surface area contributed by atoms with E-state index in [4.69, 9.17) is 0 Å². The summed E-state index contributed by atoms with van der Waals surface area (Å²) >= 11 is 0. The van der Waals surface area contributed by atoms with Crippen LogP contribution in [0.15, 0.2) is 24.3 Å². The maximum absolute atomic E-state index is 9.89. The average Bonchev–Trinajstić information content (AvgIpc) is 2.71. The van der Waals surface area contributed by atoms with Gasteiger partial charge in [-0.25, -0.2) is 0 Å². The monoisotopic (exact) mass is 190 g/mol. The molecule has 5 atom stereocenters. The molecule has 0 heterocycles. The molecule has 1 nitrogen and oxygen atoms in total. The van der Waals surface area contributed by atoms with Crippen LogP contribution in [0.3, 0.4) is 0 Å². The molecule has 0 aliphatic heterocycles. The Bertz CT molecular complexity index is 302. The summed E-state index contributed by atoms with van der Waals surface area (Å²) in [4.78, 5) is 0. The van der Waals surface area contributed by atoms with Crippen LogP contribution in [0.1, 0.15) is 26.2 Å². The van der Waals surface area contributed by atoms with Gasteiger partial charge in [0.05, 0.1) is 6.10 Å². The van der Waals surface area contributed by atoms with Crippen LogP contribution in [0.4, 0.5) is 0 Å². The maximum atomic E-state index is 9.89. The highest BCUT2D eigenvalue weighted by molar-refractivity contribution is 5.29. The number of rotatable bonds is 1. The van der Waals surface area contributed by atoms with Crippen molar-refractivity contribution >= 4 is 0 Å². The van der Waals surface area contributed by atoms with Crippen LogP contribution in [0.2, 0.25) is 0 Å². The fraction of sp³-hybridized carbons (Fsp3) is 0.692. The molecule has 3 aliphatic carbocycles. The van der Waals surface area contributed by atoms with Crippen molar-refractivity contribution in [1.29, 1.82) is 0 Å². The zero-order valence-electron chi connectivity index (χ0n) is 8.69.